The number of benzene rings is 1. The molecule has 1 heterocycles. The van der Waals surface area contributed by atoms with Gasteiger partial charge in [0.1, 0.15) is 0 Å². The van der Waals surface area contributed by atoms with E-state index in [1.807, 2.05) is 37.3 Å². The zero-order chi connectivity index (χ0) is 17.6. The number of rotatable bonds is 6. The molecule has 0 unspecified atom stereocenters. The fourth-order valence-corrected chi connectivity index (χ4v) is 3.65. The fourth-order valence-electron chi connectivity index (χ4n) is 3.65. The van der Waals surface area contributed by atoms with Crippen molar-refractivity contribution in [2.75, 3.05) is 0 Å². The highest BCUT2D eigenvalue weighted by Gasteiger charge is 2.43. The summed E-state index contributed by atoms with van der Waals surface area (Å²) in [5.41, 5.74) is 2.61. The lowest BCUT2D eigenvalue weighted by atomic mass is 10.0. The normalized spacial score (nSPS) is 16.9. The zero-order valence-corrected chi connectivity index (χ0v) is 14.7. The molecular formula is C20H23N3O2. The van der Waals surface area contributed by atoms with Crippen LogP contribution < -0.4 is 5.32 Å². The molecule has 1 N–H and O–H groups in total. The minimum Gasteiger partial charge on any atom is -0.346 e. The van der Waals surface area contributed by atoms with Gasteiger partial charge in [-0.25, -0.2) is 4.68 Å². The largest absolute Gasteiger partial charge is 0.346 e. The molecule has 0 aliphatic heterocycles. The van der Waals surface area contributed by atoms with E-state index in [1.54, 1.807) is 11.6 Å². The number of aromatic nitrogens is 2. The smallest absolute Gasteiger partial charge is 0.292 e. The number of amides is 1. The summed E-state index contributed by atoms with van der Waals surface area (Å²) in [4.78, 5) is 25.4. The van der Waals surface area contributed by atoms with Crippen LogP contribution in [0.5, 0.6) is 0 Å². The molecule has 2 aliphatic carbocycles. The third kappa shape index (κ3) is 3.11. The molecule has 2 fully saturated rings. The summed E-state index contributed by atoms with van der Waals surface area (Å²) in [6, 6.07) is 9.84. The summed E-state index contributed by atoms with van der Waals surface area (Å²) in [5.74, 6) is 0.183. The monoisotopic (exact) mass is 337 g/mol. The molecule has 130 valence electrons. The van der Waals surface area contributed by atoms with Crippen molar-refractivity contribution in [2.45, 2.75) is 45.6 Å². The van der Waals surface area contributed by atoms with Crippen LogP contribution in [0.25, 0.3) is 5.69 Å². The zero-order valence-electron chi connectivity index (χ0n) is 14.7. The average Bonchev–Trinajstić information content (AvgIpc) is 3.52. The molecule has 0 bridgehead atoms. The van der Waals surface area contributed by atoms with Crippen LogP contribution in [0.3, 0.4) is 0 Å². The molecule has 0 saturated heterocycles. The van der Waals surface area contributed by atoms with E-state index in [9.17, 15) is 9.59 Å². The molecule has 25 heavy (non-hydrogen) atoms. The molecule has 2 aliphatic rings. The molecule has 1 aromatic carbocycles. The summed E-state index contributed by atoms with van der Waals surface area (Å²) in [5, 5.41) is 7.49. The van der Waals surface area contributed by atoms with Crippen molar-refractivity contribution in [3.05, 3.63) is 47.3 Å². The van der Waals surface area contributed by atoms with Crippen molar-refractivity contribution in [1.29, 1.82) is 0 Å². The molecule has 4 rings (SSSR count). The van der Waals surface area contributed by atoms with Gasteiger partial charge in [0.15, 0.2) is 0 Å². The second-order valence-electron chi connectivity index (χ2n) is 7.30. The molecule has 5 heteroatoms. The number of hydrogen-bond donors (Lipinski definition) is 1. The third-order valence-corrected chi connectivity index (χ3v) is 5.28. The van der Waals surface area contributed by atoms with Crippen LogP contribution in [0.1, 0.15) is 47.4 Å². The Hall–Kier alpha value is -2.43. The Bertz CT molecular complexity index is 805. The van der Waals surface area contributed by atoms with Gasteiger partial charge >= 0.3 is 0 Å². The van der Waals surface area contributed by atoms with Gasteiger partial charge in [0.05, 0.1) is 22.6 Å². The second-order valence-corrected chi connectivity index (χ2v) is 7.30. The fraction of sp³-hybridized carbons (Fsp3) is 0.450. The van der Waals surface area contributed by atoms with Gasteiger partial charge in [0, 0.05) is 6.04 Å². The number of para-hydroxylation sites is 1. The van der Waals surface area contributed by atoms with Gasteiger partial charge < -0.3 is 5.32 Å². The van der Waals surface area contributed by atoms with Crippen LogP contribution in [0, 0.1) is 25.7 Å². The predicted octanol–water partition coefficient (Wildman–Crippen LogP) is 2.98. The van der Waals surface area contributed by atoms with Crippen molar-refractivity contribution in [1.82, 2.24) is 15.1 Å². The van der Waals surface area contributed by atoms with E-state index < -0.39 is 11.7 Å². The van der Waals surface area contributed by atoms with Gasteiger partial charge in [-0.3, -0.25) is 9.59 Å². The van der Waals surface area contributed by atoms with Crippen molar-refractivity contribution >= 4 is 11.7 Å². The van der Waals surface area contributed by atoms with E-state index in [2.05, 4.69) is 10.4 Å². The van der Waals surface area contributed by atoms with Gasteiger partial charge in [-0.05, 0) is 63.5 Å². The van der Waals surface area contributed by atoms with E-state index in [0.29, 0.717) is 28.8 Å². The van der Waals surface area contributed by atoms with Gasteiger partial charge in [0.25, 0.3) is 11.7 Å². The number of nitrogens with one attached hydrogen (secondary N) is 1. The van der Waals surface area contributed by atoms with Gasteiger partial charge in [0.2, 0.25) is 0 Å². The van der Waals surface area contributed by atoms with Crippen LogP contribution in [0.4, 0.5) is 0 Å². The van der Waals surface area contributed by atoms with Crippen molar-refractivity contribution < 1.29 is 9.59 Å². The summed E-state index contributed by atoms with van der Waals surface area (Å²) < 4.78 is 1.73. The highest BCUT2D eigenvalue weighted by molar-refractivity contribution is 6.43. The maximum absolute atomic E-state index is 12.8. The van der Waals surface area contributed by atoms with Crippen LogP contribution in [0.15, 0.2) is 30.3 Å². The number of hydrogen-bond acceptors (Lipinski definition) is 3. The number of aryl methyl sites for hydroxylation is 1. The van der Waals surface area contributed by atoms with Crippen LogP contribution in [-0.4, -0.2) is 27.5 Å². The Labute approximate surface area is 147 Å². The first kappa shape index (κ1) is 16.1. The lowest BCUT2D eigenvalue weighted by Gasteiger charge is -2.17. The first-order valence-electron chi connectivity index (χ1n) is 9.03. The highest BCUT2D eigenvalue weighted by atomic mass is 16.2. The Morgan fingerprint density at radius 3 is 2.24 bits per heavy atom. The van der Waals surface area contributed by atoms with Gasteiger partial charge in [-0.2, -0.15) is 5.10 Å². The lowest BCUT2D eigenvalue weighted by molar-refractivity contribution is -0.118. The Balaban J connectivity index is 1.57. The second kappa shape index (κ2) is 6.14. The minimum absolute atomic E-state index is 0.182. The first-order chi connectivity index (χ1) is 12.1. The highest BCUT2D eigenvalue weighted by Crippen LogP contribution is 2.44. The number of nitrogens with zero attached hydrogens (tertiary/aromatic N) is 2. The van der Waals surface area contributed by atoms with Crippen molar-refractivity contribution in [2.24, 2.45) is 11.8 Å². The Kier molecular flexibility index (Phi) is 3.94. The number of carbonyl (C=O) groups excluding carboxylic acids is 2. The predicted molar refractivity (Wildman–Crippen MR) is 94.7 cm³/mol. The van der Waals surface area contributed by atoms with Gasteiger partial charge in [-0.1, -0.05) is 18.2 Å². The maximum atomic E-state index is 12.8. The summed E-state index contributed by atoms with van der Waals surface area (Å²) in [7, 11) is 0. The van der Waals surface area contributed by atoms with Crippen molar-refractivity contribution in [3.8, 4) is 5.69 Å². The summed E-state index contributed by atoms with van der Waals surface area (Å²) in [6.45, 7) is 3.62. The number of carbonyl (C=O) groups is 2. The third-order valence-electron chi connectivity index (χ3n) is 5.28. The minimum atomic E-state index is -0.484. The SMILES string of the molecule is Cc1nn(-c2ccccc2)c(C)c1C(=O)C(=O)NC(C1CC1)C1CC1. The molecule has 5 nitrogen and oxygen atoms in total. The maximum Gasteiger partial charge on any atom is 0.292 e. The Morgan fingerprint density at radius 2 is 1.68 bits per heavy atom. The molecule has 0 atom stereocenters. The van der Waals surface area contributed by atoms with Crippen molar-refractivity contribution in [3.63, 3.8) is 0 Å². The summed E-state index contributed by atoms with van der Waals surface area (Å²) in [6.07, 6.45) is 4.67. The molecule has 2 saturated carbocycles. The van der Waals surface area contributed by atoms with Crippen LogP contribution >= 0.6 is 0 Å². The summed E-state index contributed by atoms with van der Waals surface area (Å²) >= 11 is 0. The number of Topliss-reactive ketones (excluding diaryl/α,β-unsaturated/α-hetero) is 1. The molecule has 0 radical (unpaired) electrons. The molecule has 1 aromatic heterocycles. The topological polar surface area (TPSA) is 64.0 Å². The average molecular weight is 337 g/mol. The number of ketones is 1. The Morgan fingerprint density at radius 1 is 1.08 bits per heavy atom. The van der Waals surface area contributed by atoms with E-state index in [0.717, 1.165) is 5.69 Å². The van der Waals surface area contributed by atoms with Crippen LogP contribution in [0.2, 0.25) is 0 Å². The van der Waals surface area contributed by atoms with E-state index >= 15 is 0 Å². The quantitative estimate of drug-likeness (QED) is 0.651. The molecular weight excluding hydrogens is 314 g/mol. The molecule has 2 aromatic rings. The van der Waals surface area contributed by atoms with E-state index in [-0.39, 0.29) is 6.04 Å². The first-order valence-corrected chi connectivity index (χ1v) is 9.03. The van der Waals surface area contributed by atoms with Crippen LogP contribution in [-0.2, 0) is 4.79 Å². The van der Waals surface area contributed by atoms with E-state index in [4.69, 9.17) is 0 Å². The van der Waals surface area contributed by atoms with Gasteiger partial charge in [-0.15, -0.1) is 0 Å². The van der Waals surface area contributed by atoms with E-state index in [1.165, 1.54) is 25.7 Å². The molecule has 1 amide bonds. The standard InChI is InChI=1S/C20H23N3O2/c1-12-17(13(2)23(22-12)16-6-4-3-5-7-16)19(24)20(25)21-18(14-8-9-14)15-10-11-15/h3-7,14-15,18H,8-11H2,1-2H3,(H,21,25). The molecule has 0 spiro atoms. The lowest BCUT2D eigenvalue weighted by Crippen LogP contribution is -2.42.